The summed E-state index contributed by atoms with van der Waals surface area (Å²) < 4.78 is 16.7. The van der Waals surface area contributed by atoms with Crippen LogP contribution >= 0.6 is 0 Å². The summed E-state index contributed by atoms with van der Waals surface area (Å²) in [5.74, 6) is 0.722. The zero-order chi connectivity index (χ0) is 27.4. The number of nitrogens with one attached hydrogen (secondary N) is 2. The molecule has 2 heterocycles. The summed E-state index contributed by atoms with van der Waals surface area (Å²) in [4.78, 5) is 26.4. The zero-order valence-corrected chi connectivity index (χ0v) is 21.1. The Labute approximate surface area is 225 Å². The van der Waals surface area contributed by atoms with Gasteiger partial charge in [0.1, 0.15) is 6.10 Å². The topological polar surface area (TPSA) is 133 Å². The molecule has 3 aromatic rings. The van der Waals surface area contributed by atoms with Crippen LogP contribution in [0.3, 0.4) is 0 Å². The van der Waals surface area contributed by atoms with Gasteiger partial charge in [0, 0.05) is 5.70 Å². The predicted octanol–water partition coefficient (Wildman–Crippen LogP) is 4.70. The Morgan fingerprint density at radius 1 is 1.00 bits per heavy atom. The normalized spacial score (nSPS) is 16.4. The number of benzene rings is 3. The number of allylic oxidation sites excluding steroid dienone is 1. The van der Waals surface area contributed by atoms with Crippen LogP contribution in [-0.4, -0.2) is 18.8 Å². The molecule has 5 rings (SSSR count). The fourth-order valence-corrected chi connectivity index (χ4v) is 4.58. The average molecular weight is 521 g/mol. The van der Waals surface area contributed by atoms with E-state index in [2.05, 4.69) is 22.8 Å². The first-order valence-electron chi connectivity index (χ1n) is 12.4. The first-order chi connectivity index (χ1) is 18.9. The molecule has 0 saturated carbocycles. The molecule has 9 heteroatoms. The highest BCUT2D eigenvalue weighted by Crippen LogP contribution is 2.34. The second kappa shape index (κ2) is 11.0. The summed E-state index contributed by atoms with van der Waals surface area (Å²) in [5.41, 5.74) is 3.88. The molecule has 0 bridgehead atoms. The van der Waals surface area contributed by atoms with Crippen molar-refractivity contribution in [1.29, 1.82) is 10.5 Å². The number of amides is 2. The van der Waals surface area contributed by atoms with Crippen molar-refractivity contribution in [3.63, 3.8) is 0 Å². The van der Waals surface area contributed by atoms with Crippen molar-refractivity contribution in [2.45, 2.75) is 31.9 Å². The maximum absolute atomic E-state index is 13.7. The fraction of sp³-hybridized carbons (Fsp3) is 0.200. The van der Waals surface area contributed by atoms with Crippen molar-refractivity contribution in [1.82, 2.24) is 10.6 Å². The van der Waals surface area contributed by atoms with E-state index in [0.29, 0.717) is 52.3 Å². The van der Waals surface area contributed by atoms with Gasteiger partial charge in [-0.25, -0.2) is 9.59 Å². The van der Waals surface area contributed by atoms with E-state index in [1.54, 1.807) is 55.5 Å². The summed E-state index contributed by atoms with van der Waals surface area (Å²) in [7, 11) is 0. The molecule has 194 valence electrons. The molecule has 9 nitrogen and oxygen atoms in total. The number of esters is 1. The number of carbonyl (C=O) groups excluding carboxylic acids is 2. The lowest BCUT2D eigenvalue weighted by Gasteiger charge is -2.30. The first kappa shape index (κ1) is 25.4. The van der Waals surface area contributed by atoms with Crippen LogP contribution in [0.2, 0.25) is 0 Å². The molecular weight excluding hydrogens is 496 g/mol. The van der Waals surface area contributed by atoms with Gasteiger partial charge >= 0.3 is 12.0 Å². The van der Waals surface area contributed by atoms with Gasteiger partial charge in [0.15, 0.2) is 11.5 Å². The molecule has 0 spiro atoms. The van der Waals surface area contributed by atoms with Crippen LogP contribution in [0.15, 0.2) is 78.0 Å². The lowest BCUT2D eigenvalue weighted by Crippen LogP contribution is -2.46. The summed E-state index contributed by atoms with van der Waals surface area (Å²) in [6, 6.07) is 22.1. The average Bonchev–Trinajstić information content (AvgIpc) is 3.43. The van der Waals surface area contributed by atoms with Gasteiger partial charge in [0.05, 0.1) is 34.9 Å². The van der Waals surface area contributed by atoms with Crippen molar-refractivity contribution >= 4 is 12.0 Å². The third kappa shape index (κ3) is 5.53. The molecule has 3 aromatic carbocycles. The third-order valence-corrected chi connectivity index (χ3v) is 6.62. The number of aryl methyl sites for hydroxylation is 1. The molecule has 2 amide bonds. The molecule has 2 aliphatic heterocycles. The Morgan fingerprint density at radius 3 is 2.54 bits per heavy atom. The van der Waals surface area contributed by atoms with E-state index in [0.717, 1.165) is 5.56 Å². The monoisotopic (exact) mass is 520 g/mol. The van der Waals surface area contributed by atoms with Crippen LogP contribution < -0.4 is 20.1 Å². The van der Waals surface area contributed by atoms with Crippen LogP contribution in [0.4, 0.5) is 4.79 Å². The first-order valence-corrected chi connectivity index (χ1v) is 12.4. The quantitative estimate of drug-likeness (QED) is 0.431. The third-order valence-electron chi connectivity index (χ3n) is 6.62. The van der Waals surface area contributed by atoms with Crippen molar-refractivity contribution in [3.05, 3.63) is 106 Å². The SMILES string of the molecule is CC(OC(=O)C1=C(CCc2ccc3c(c2)OCO3)NC(=O)NC1c1ccc(C#N)cc1)c1cccc(C#N)c1. The second-order valence-electron chi connectivity index (χ2n) is 9.13. The summed E-state index contributed by atoms with van der Waals surface area (Å²) in [6.45, 7) is 1.90. The number of hydrogen-bond donors (Lipinski definition) is 2. The maximum Gasteiger partial charge on any atom is 0.338 e. The highest BCUT2D eigenvalue weighted by Gasteiger charge is 2.34. The summed E-state index contributed by atoms with van der Waals surface area (Å²) >= 11 is 0. The number of ether oxygens (including phenoxy) is 3. The van der Waals surface area contributed by atoms with Gasteiger partial charge in [-0.15, -0.1) is 0 Å². The number of nitrogens with zero attached hydrogens (tertiary/aromatic N) is 2. The zero-order valence-electron chi connectivity index (χ0n) is 21.1. The molecular formula is C30H24N4O5. The van der Waals surface area contributed by atoms with Gasteiger partial charge < -0.3 is 24.8 Å². The summed E-state index contributed by atoms with van der Waals surface area (Å²) in [6.07, 6.45) is 0.221. The second-order valence-corrected chi connectivity index (χ2v) is 9.13. The Balaban J connectivity index is 1.47. The van der Waals surface area contributed by atoms with Gasteiger partial charge in [0.25, 0.3) is 0 Å². The van der Waals surface area contributed by atoms with Crippen molar-refractivity contribution in [2.24, 2.45) is 0 Å². The predicted molar refractivity (Wildman–Crippen MR) is 139 cm³/mol. The van der Waals surface area contributed by atoms with E-state index >= 15 is 0 Å². The highest BCUT2D eigenvalue weighted by molar-refractivity contribution is 5.95. The van der Waals surface area contributed by atoms with Crippen molar-refractivity contribution < 1.29 is 23.8 Å². The molecule has 2 atom stereocenters. The highest BCUT2D eigenvalue weighted by atomic mass is 16.7. The molecule has 2 unspecified atom stereocenters. The van der Waals surface area contributed by atoms with Crippen molar-refractivity contribution in [2.75, 3.05) is 6.79 Å². The van der Waals surface area contributed by atoms with Gasteiger partial charge in [0.2, 0.25) is 6.79 Å². The number of fused-ring (bicyclic) bond motifs is 1. The Morgan fingerprint density at radius 2 is 1.77 bits per heavy atom. The molecule has 39 heavy (non-hydrogen) atoms. The van der Waals surface area contributed by atoms with Crippen molar-refractivity contribution in [3.8, 4) is 23.6 Å². The Kier molecular flexibility index (Phi) is 7.15. The minimum absolute atomic E-state index is 0.170. The molecule has 0 radical (unpaired) electrons. The number of nitriles is 2. The fourth-order valence-electron chi connectivity index (χ4n) is 4.58. The minimum Gasteiger partial charge on any atom is -0.454 e. The number of urea groups is 1. The van der Waals surface area contributed by atoms with Crippen LogP contribution in [-0.2, 0) is 16.0 Å². The number of hydrogen-bond acceptors (Lipinski definition) is 7. The minimum atomic E-state index is -0.789. The number of carbonyl (C=O) groups is 2. The molecule has 2 N–H and O–H groups in total. The maximum atomic E-state index is 13.7. The van der Waals surface area contributed by atoms with E-state index in [-0.39, 0.29) is 12.4 Å². The molecule has 0 saturated heterocycles. The van der Waals surface area contributed by atoms with Gasteiger partial charge in [-0.2, -0.15) is 10.5 Å². The number of rotatable bonds is 7. The van der Waals surface area contributed by atoms with E-state index < -0.39 is 24.1 Å². The van der Waals surface area contributed by atoms with Crippen LogP contribution in [0.5, 0.6) is 11.5 Å². The standard InChI is InChI=1S/C30H24N4O5/c1-18(23-4-2-3-21(13-23)16-32)39-29(35)27-24(11-7-19-8-12-25-26(14-19)38-17-37-25)33-30(36)34-28(27)22-9-5-20(15-31)6-10-22/h2-6,8-10,12-14,18,28H,7,11,17H2,1H3,(H2,33,34,36). The van der Waals surface area contributed by atoms with E-state index in [1.165, 1.54) is 0 Å². The van der Waals surface area contributed by atoms with Gasteiger partial charge in [-0.1, -0.05) is 30.3 Å². The van der Waals surface area contributed by atoms with Gasteiger partial charge in [-0.3, -0.25) is 0 Å². The lowest BCUT2D eigenvalue weighted by atomic mass is 9.92. The molecule has 0 fully saturated rings. The largest absolute Gasteiger partial charge is 0.454 e. The van der Waals surface area contributed by atoms with Gasteiger partial charge in [-0.05, 0) is 72.9 Å². The molecule has 2 aliphatic rings. The van der Waals surface area contributed by atoms with E-state index in [1.807, 2.05) is 18.2 Å². The van der Waals surface area contributed by atoms with Crippen LogP contribution in [0.1, 0.15) is 53.3 Å². The van der Waals surface area contributed by atoms with E-state index in [4.69, 9.17) is 14.2 Å². The molecule has 0 aliphatic carbocycles. The summed E-state index contributed by atoms with van der Waals surface area (Å²) in [5, 5.41) is 24.1. The Bertz CT molecular complexity index is 1550. The van der Waals surface area contributed by atoms with E-state index in [9.17, 15) is 20.1 Å². The molecule has 0 aromatic heterocycles. The Hall–Kier alpha value is -5.28. The van der Waals surface area contributed by atoms with Crippen LogP contribution in [0.25, 0.3) is 0 Å². The van der Waals surface area contributed by atoms with Crippen LogP contribution in [0, 0.1) is 22.7 Å². The smallest absolute Gasteiger partial charge is 0.338 e. The lowest BCUT2D eigenvalue weighted by molar-refractivity contribution is -0.144.